The molecule has 1 unspecified atom stereocenters. The Morgan fingerprint density at radius 1 is 1.25 bits per heavy atom. The van der Waals surface area contributed by atoms with Gasteiger partial charge in [0.2, 0.25) is 0 Å². The Morgan fingerprint density at radius 2 is 2.10 bits per heavy atom. The largest absolute Gasteiger partial charge is 0.371 e. The first-order valence-corrected chi connectivity index (χ1v) is 8.36. The number of nitrogens with one attached hydrogen (secondary N) is 1. The molecule has 2 nitrogen and oxygen atoms in total. The molecule has 1 fully saturated rings. The Labute approximate surface area is 128 Å². The first kappa shape index (κ1) is 15.7. The van der Waals surface area contributed by atoms with E-state index >= 15 is 0 Å². The summed E-state index contributed by atoms with van der Waals surface area (Å²) in [6.45, 7) is 8.72. The van der Waals surface area contributed by atoms with E-state index in [-0.39, 0.29) is 0 Å². The molecule has 1 saturated heterocycles. The van der Waals surface area contributed by atoms with E-state index in [1.54, 1.807) is 0 Å². The summed E-state index contributed by atoms with van der Waals surface area (Å²) < 4.78 is 0. The minimum absolute atomic E-state index is 0.844. The number of hydrogen-bond donors (Lipinski definition) is 1. The molecule has 1 aromatic rings. The highest BCUT2D eigenvalue weighted by molar-refractivity contribution is 6.30. The van der Waals surface area contributed by atoms with E-state index in [9.17, 15) is 0 Å². The topological polar surface area (TPSA) is 15.3 Å². The van der Waals surface area contributed by atoms with Gasteiger partial charge in [-0.1, -0.05) is 37.9 Å². The van der Waals surface area contributed by atoms with Gasteiger partial charge in [-0.05, 0) is 49.4 Å². The van der Waals surface area contributed by atoms with Gasteiger partial charge in [0.25, 0.3) is 0 Å². The SMILES string of the molecule is CCNCc1ccc(Cl)cc1N1CCCC(CC)CC1. The molecule has 1 heterocycles. The maximum atomic E-state index is 6.22. The van der Waals surface area contributed by atoms with Crippen LogP contribution in [0.25, 0.3) is 0 Å². The van der Waals surface area contributed by atoms with E-state index in [2.05, 4.69) is 36.2 Å². The van der Waals surface area contributed by atoms with Crippen LogP contribution in [-0.2, 0) is 6.54 Å². The van der Waals surface area contributed by atoms with Crippen LogP contribution in [0.2, 0.25) is 5.02 Å². The quantitative estimate of drug-likeness (QED) is 0.862. The number of halogens is 1. The molecular formula is C17H27ClN2. The van der Waals surface area contributed by atoms with E-state index in [0.29, 0.717) is 0 Å². The summed E-state index contributed by atoms with van der Waals surface area (Å²) in [4.78, 5) is 2.54. The molecule has 112 valence electrons. The predicted octanol–water partition coefficient (Wildman–Crippen LogP) is 4.47. The maximum Gasteiger partial charge on any atom is 0.0426 e. The van der Waals surface area contributed by atoms with Crippen molar-refractivity contribution in [2.24, 2.45) is 5.92 Å². The normalized spacial score (nSPS) is 19.9. The van der Waals surface area contributed by atoms with Gasteiger partial charge in [-0.3, -0.25) is 0 Å². The van der Waals surface area contributed by atoms with Crippen LogP contribution in [0.1, 0.15) is 45.1 Å². The summed E-state index contributed by atoms with van der Waals surface area (Å²) in [5, 5.41) is 4.27. The van der Waals surface area contributed by atoms with Crippen LogP contribution in [0.4, 0.5) is 5.69 Å². The molecule has 1 atom stereocenters. The van der Waals surface area contributed by atoms with Gasteiger partial charge in [-0.2, -0.15) is 0 Å². The highest BCUT2D eigenvalue weighted by Crippen LogP contribution is 2.29. The molecule has 0 bridgehead atoms. The summed E-state index contributed by atoms with van der Waals surface area (Å²) in [5.41, 5.74) is 2.70. The Kier molecular flexibility index (Phi) is 6.18. The van der Waals surface area contributed by atoms with Crippen molar-refractivity contribution in [3.63, 3.8) is 0 Å². The van der Waals surface area contributed by atoms with Gasteiger partial charge >= 0.3 is 0 Å². The molecule has 0 aliphatic carbocycles. The molecule has 1 N–H and O–H groups in total. The summed E-state index contributed by atoms with van der Waals surface area (Å²) in [6.07, 6.45) is 5.29. The standard InChI is InChI=1S/C17H27ClN2/c1-3-14-6-5-10-20(11-9-14)17-12-16(18)8-7-15(17)13-19-4-2/h7-8,12,14,19H,3-6,9-11,13H2,1-2H3. The van der Waals surface area contributed by atoms with Crippen molar-refractivity contribution in [1.29, 1.82) is 0 Å². The second-order valence-electron chi connectivity index (χ2n) is 5.75. The lowest BCUT2D eigenvalue weighted by Crippen LogP contribution is -2.26. The fourth-order valence-corrected chi connectivity index (χ4v) is 3.22. The van der Waals surface area contributed by atoms with Gasteiger partial charge in [0.05, 0.1) is 0 Å². The third kappa shape index (κ3) is 4.13. The van der Waals surface area contributed by atoms with Crippen molar-refractivity contribution in [3.05, 3.63) is 28.8 Å². The van der Waals surface area contributed by atoms with E-state index in [1.165, 1.54) is 36.9 Å². The molecule has 0 radical (unpaired) electrons. The fraction of sp³-hybridized carbons (Fsp3) is 0.647. The monoisotopic (exact) mass is 294 g/mol. The number of nitrogens with zero attached hydrogens (tertiary/aromatic N) is 1. The molecule has 3 heteroatoms. The Balaban J connectivity index is 2.15. The molecule has 1 aromatic carbocycles. The van der Waals surface area contributed by atoms with Crippen molar-refractivity contribution >= 4 is 17.3 Å². The zero-order valence-corrected chi connectivity index (χ0v) is 13.5. The van der Waals surface area contributed by atoms with Crippen LogP contribution in [-0.4, -0.2) is 19.6 Å². The number of hydrogen-bond acceptors (Lipinski definition) is 2. The van der Waals surface area contributed by atoms with E-state index < -0.39 is 0 Å². The zero-order chi connectivity index (χ0) is 14.4. The maximum absolute atomic E-state index is 6.22. The molecule has 1 aliphatic heterocycles. The molecule has 0 amide bonds. The Bertz CT molecular complexity index is 419. The molecule has 20 heavy (non-hydrogen) atoms. The second kappa shape index (κ2) is 7.90. The van der Waals surface area contributed by atoms with Crippen LogP contribution in [0, 0.1) is 5.92 Å². The highest BCUT2D eigenvalue weighted by atomic mass is 35.5. The van der Waals surface area contributed by atoms with Crippen molar-refractivity contribution < 1.29 is 0 Å². The Morgan fingerprint density at radius 3 is 2.85 bits per heavy atom. The smallest absolute Gasteiger partial charge is 0.0426 e. The second-order valence-corrected chi connectivity index (χ2v) is 6.18. The summed E-state index contributed by atoms with van der Waals surface area (Å²) >= 11 is 6.22. The molecule has 0 aromatic heterocycles. The van der Waals surface area contributed by atoms with Gasteiger partial charge in [0.1, 0.15) is 0 Å². The molecule has 0 spiro atoms. The fourth-order valence-electron chi connectivity index (χ4n) is 3.06. The summed E-state index contributed by atoms with van der Waals surface area (Å²) in [7, 11) is 0. The van der Waals surface area contributed by atoms with Crippen molar-refractivity contribution in [1.82, 2.24) is 5.32 Å². The van der Waals surface area contributed by atoms with Gasteiger partial charge < -0.3 is 10.2 Å². The van der Waals surface area contributed by atoms with Crippen molar-refractivity contribution in [2.75, 3.05) is 24.5 Å². The summed E-state index contributed by atoms with van der Waals surface area (Å²) in [5.74, 6) is 0.899. The average molecular weight is 295 g/mol. The van der Waals surface area contributed by atoms with Gasteiger partial charge in [-0.25, -0.2) is 0 Å². The van der Waals surface area contributed by atoms with Gasteiger partial charge in [0.15, 0.2) is 0 Å². The van der Waals surface area contributed by atoms with E-state index in [1.807, 2.05) is 6.07 Å². The first-order chi connectivity index (χ1) is 9.74. The molecule has 2 rings (SSSR count). The highest BCUT2D eigenvalue weighted by Gasteiger charge is 2.18. The van der Waals surface area contributed by atoms with Gasteiger partial charge in [0, 0.05) is 30.3 Å². The van der Waals surface area contributed by atoms with Crippen LogP contribution < -0.4 is 10.2 Å². The Hall–Kier alpha value is -0.730. The lowest BCUT2D eigenvalue weighted by atomic mass is 9.98. The van der Waals surface area contributed by atoms with Gasteiger partial charge in [-0.15, -0.1) is 0 Å². The minimum atomic E-state index is 0.844. The predicted molar refractivity (Wildman–Crippen MR) is 88.7 cm³/mol. The summed E-state index contributed by atoms with van der Waals surface area (Å²) in [6, 6.07) is 6.31. The zero-order valence-electron chi connectivity index (χ0n) is 12.8. The van der Waals surface area contributed by atoms with Crippen LogP contribution in [0.3, 0.4) is 0 Å². The lowest BCUT2D eigenvalue weighted by molar-refractivity contribution is 0.459. The van der Waals surface area contributed by atoms with Crippen molar-refractivity contribution in [2.45, 2.75) is 46.1 Å². The first-order valence-electron chi connectivity index (χ1n) is 7.98. The van der Waals surface area contributed by atoms with Crippen LogP contribution in [0.15, 0.2) is 18.2 Å². The van der Waals surface area contributed by atoms with Crippen molar-refractivity contribution in [3.8, 4) is 0 Å². The number of anilines is 1. The third-order valence-corrected chi connectivity index (χ3v) is 4.61. The average Bonchev–Trinajstić information content (AvgIpc) is 2.71. The molecule has 1 aliphatic rings. The van der Waals surface area contributed by atoms with E-state index in [4.69, 9.17) is 11.6 Å². The van der Waals surface area contributed by atoms with E-state index in [0.717, 1.165) is 37.1 Å². The molecular weight excluding hydrogens is 268 g/mol. The van der Waals surface area contributed by atoms with Crippen LogP contribution >= 0.6 is 11.6 Å². The third-order valence-electron chi connectivity index (χ3n) is 4.38. The molecule has 0 saturated carbocycles. The van der Waals surface area contributed by atoms with Crippen LogP contribution in [0.5, 0.6) is 0 Å². The number of rotatable bonds is 5. The number of benzene rings is 1. The lowest BCUT2D eigenvalue weighted by Gasteiger charge is -2.26. The minimum Gasteiger partial charge on any atom is -0.371 e.